The third-order valence-electron chi connectivity index (χ3n) is 3.98. The van der Waals surface area contributed by atoms with E-state index in [0.29, 0.717) is 22.2 Å². The van der Waals surface area contributed by atoms with Crippen LogP contribution in [0.3, 0.4) is 0 Å². The first kappa shape index (κ1) is 16.5. The van der Waals surface area contributed by atoms with Gasteiger partial charge in [0.2, 0.25) is 5.76 Å². The summed E-state index contributed by atoms with van der Waals surface area (Å²) in [6, 6.07) is 9.96. The summed E-state index contributed by atoms with van der Waals surface area (Å²) in [5.74, 6) is -1.41. The Morgan fingerprint density at radius 3 is 2.64 bits per heavy atom. The normalized spacial score (nSPS) is 10.8. The van der Waals surface area contributed by atoms with E-state index in [0.717, 1.165) is 0 Å². The van der Waals surface area contributed by atoms with E-state index >= 15 is 0 Å². The average molecular weight is 340 g/mol. The Morgan fingerprint density at radius 1 is 1.24 bits per heavy atom. The molecule has 128 valence electrons. The number of para-hydroxylation sites is 1. The highest BCUT2D eigenvalue weighted by molar-refractivity contribution is 6.06. The molecular formula is C18H16N2O5. The lowest BCUT2D eigenvalue weighted by atomic mass is 10.1. The van der Waals surface area contributed by atoms with Crippen LogP contribution in [-0.2, 0) is 13.6 Å². The van der Waals surface area contributed by atoms with Gasteiger partial charge in [0.15, 0.2) is 0 Å². The number of nitrogens with zero attached hydrogens (tertiary/aromatic N) is 1. The standard InChI is InChI=1S/C18H16N2O5/c1-10-7-11(25-16(10)18(23)24)9-19-17(22)13-8-15(21)20(2)14-6-4-3-5-12(13)14/h3-8H,9H2,1-2H3,(H,19,22)(H,23,24). The average Bonchev–Trinajstić information content (AvgIpc) is 2.97. The Labute approximate surface area is 142 Å². The summed E-state index contributed by atoms with van der Waals surface area (Å²) in [7, 11) is 1.64. The molecule has 2 aromatic heterocycles. The number of hydrogen-bond donors (Lipinski definition) is 2. The summed E-state index contributed by atoms with van der Waals surface area (Å²) in [5, 5.41) is 12.3. The van der Waals surface area contributed by atoms with Gasteiger partial charge in [-0.05, 0) is 19.1 Å². The molecule has 3 aromatic rings. The van der Waals surface area contributed by atoms with Crippen molar-refractivity contribution in [3.8, 4) is 0 Å². The van der Waals surface area contributed by atoms with Gasteiger partial charge < -0.3 is 19.4 Å². The van der Waals surface area contributed by atoms with Crippen molar-refractivity contribution in [2.75, 3.05) is 0 Å². The third kappa shape index (κ3) is 3.03. The van der Waals surface area contributed by atoms with Crippen molar-refractivity contribution in [1.29, 1.82) is 0 Å². The van der Waals surface area contributed by atoms with E-state index in [1.54, 1.807) is 44.3 Å². The number of nitrogens with one attached hydrogen (secondary N) is 1. The summed E-state index contributed by atoms with van der Waals surface area (Å²) in [6.07, 6.45) is 0. The number of benzene rings is 1. The maximum absolute atomic E-state index is 12.5. The number of fused-ring (bicyclic) bond motifs is 1. The van der Waals surface area contributed by atoms with E-state index in [2.05, 4.69) is 5.32 Å². The molecule has 0 radical (unpaired) electrons. The molecule has 1 amide bonds. The van der Waals surface area contributed by atoms with Crippen LogP contribution in [0.1, 0.15) is 32.2 Å². The van der Waals surface area contributed by atoms with Crippen molar-refractivity contribution in [1.82, 2.24) is 9.88 Å². The number of aryl methyl sites for hydroxylation is 2. The molecule has 1 aromatic carbocycles. The van der Waals surface area contributed by atoms with Gasteiger partial charge in [-0.1, -0.05) is 18.2 Å². The predicted molar refractivity (Wildman–Crippen MR) is 90.8 cm³/mol. The van der Waals surface area contributed by atoms with Crippen LogP contribution in [-0.4, -0.2) is 21.6 Å². The molecule has 2 N–H and O–H groups in total. The molecule has 2 heterocycles. The lowest BCUT2D eigenvalue weighted by molar-refractivity contribution is 0.0659. The molecule has 3 rings (SSSR count). The molecule has 0 aliphatic heterocycles. The van der Waals surface area contributed by atoms with E-state index in [4.69, 9.17) is 9.52 Å². The van der Waals surface area contributed by atoms with Crippen molar-refractivity contribution >= 4 is 22.8 Å². The molecule has 0 saturated heterocycles. The number of rotatable bonds is 4. The topological polar surface area (TPSA) is 102 Å². The minimum absolute atomic E-state index is 0.0243. The predicted octanol–water partition coefficient (Wildman–Crippen LogP) is 2.07. The number of carbonyl (C=O) groups is 2. The van der Waals surface area contributed by atoms with Gasteiger partial charge in [-0.3, -0.25) is 9.59 Å². The molecule has 0 atom stereocenters. The molecule has 0 fully saturated rings. The van der Waals surface area contributed by atoms with Crippen molar-refractivity contribution in [3.63, 3.8) is 0 Å². The number of aromatic nitrogens is 1. The fourth-order valence-electron chi connectivity index (χ4n) is 2.71. The Bertz CT molecular complexity index is 1050. The van der Waals surface area contributed by atoms with Gasteiger partial charge in [-0.25, -0.2) is 4.79 Å². The molecule has 0 aliphatic carbocycles. The van der Waals surface area contributed by atoms with Crippen LogP contribution in [0.15, 0.2) is 45.6 Å². The maximum atomic E-state index is 12.5. The number of amides is 1. The van der Waals surface area contributed by atoms with Crippen LogP contribution in [0.4, 0.5) is 0 Å². The van der Waals surface area contributed by atoms with E-state index < -0.39 is 11.9 Å². The third-order valence-corrected chi connectivity index (χ3v) is 3.98. The van der Waals surface area contributed by atoms with Crippen LogP contribution in [0.5, 0.6) is 0 Å². The molecule has 0 bridgehead atoms. The summed E-state index contributed by atoms with van der Waals surface area (Å²) < 4.78 is 6.69. The Kier molecular flexibility index (Phi) is 4.14. The van der Waals surface area contributed by atoms with Gasteiger partial charge in [0.1, 0.15) is 5.76 Å². The van der Waals surface area contributed by atoms with Crippen LogP contribution in [0.25, 0.3) is 10.9 Å². The van der Waals surface area contributed by atoms with E-state index in [1.165, 1.54) is 10.6 Å². The largest absolute Gasteiger partial charge is 0.475 e. The zero-order valence-electron chi connectivity index (χ0n) is 13.7. The van der Waals surface area contributed by atoms with E-state index in [9.17, 15) is 14.4 Å². The van der Waals surface area contributed by atoms with Crippen molar-refractivity contribution < 1.29 is 19.1 Å². The van der Waals surface area contributed by atoms with Crippen LogP contribution in [0, 0.1) is 6.92 Å². The van der Waals surface area contributed by atoms with Gasteiger partial charge in [-0.2, -0.15) is 0 Å². The van der Waals surface area contributed by atoms with E-state index in [1.807, 2.05) is 0 Å². The number of carbonyl (C=O) groups excluding carboxylic acids is 1. The second kappa shape index (κ2) is 6.27. The Balaban J connectivity index is 1.88. The zero-order chi connectivity index (χ0) is 18.1. The monoisotopic (exact) mass is 340 g/mol. The van der Waals surface area contributed by atoms with Crippen LogP contribution >= 0.6 is 0 Å². The quantitative estimate of drug-likeness (QED) is 0.757. The molecule has 7 nitrogen and oxygen atoms in total. The molecule has 0 unspecified atom stereocenters. The van der Waals surface area contributed by atoms with Gasteiger partial charge in [0, 0.05) is 24.1 Å². The highest BCUT2D eigenvalue weighted by Crippen LogP contribution is 2.17. The van der Waals surface area contributed by atoms with Crippen molar-refractivity contribution in [2.24, 2.45) is 7.05 Å². The van der Waals surface area contributed by atoms with Crippen LogP contribution in [0.2, 0.25) is 0 Å². The lowest BCUT2D eigenvalue weighted by Crippen LogP contribution is -2.26. The SMILES string of the molecule is Cc1cc(CNC(=O)c2cc(=O)n(C)c3ccccc23)oc1C(=O)O. The smallest absolute Gasteiger partial charge is 0.372 e. The molecule has 25 heavy (non-hydrogen) atoms. The summed E-state index contributed by atoms with van der Waals surface area (Å²) >= 11 is 0. The summed E-state index contributed by atoms with van der Waals surface area (Å²) in [4.78, 5) is 35.6. The molecule has 0 aliphatic rings. The van der Waals surface area contributed by atoms with Gasteiger partial charge >= 0.3 is 5.97 Å². The van der Waals surface area contributed by atoms with Crippen LogP contribution < -0.4 is 10.9 Å². The highest BCUT2D eigenvalue weighted by Gasteiger charge is 2.16. The van der Waals surface area contributed by atoms with Gasteiger partial charge in [0.05, 0.1) is 17.6 Å². The number of pyridine rings is 1. The van der Waals surface area contributed by atoms with E-state index in [-0.39, 0.29) is 23.4 Å². The first-order chi connectivity index (χ1) is 11.9. The van der Waals surface area contributed by atoms with Crippen molar-refractivity contribution in [2.45, 2.75) is 13.5 Å². The maximum Gasteiger partial charge on any atom is 0.372 e. The highest BCUT2D eigenvalue weighted by atomic mass is 16.4. The number of furan rings is 1. The first-order valence-corrected chi connectivity index (χ1v) is 7.58. The Hall–Kier alpha value is -3.35. The van der Waals surface area contributed by atoms with Crippen molar-refractivity contribution in [3.05, 3.63) is 69.4 Å². The lowest BCUT2D eigenvalue weighted by Gasteiger charge is -2.10. The molecule has 0 saturated carbocycles. The second-order valence-electron chi connectivity index (χ2n) is 5.69. The summed E-state index contributed by atoms with van der Waals surface area (Å²) in [6.45, 7) is 1.64. The number of aromatic carboxylic acids is 1. The molecule has 0 spiro atoms. The first-order valence-electron chi connectivity index (χ1n) is 7.58. The number of hydrogen-bond acceptors (Lipinski definition) is 4. The fraction of sp³-hybridized carbons (Fsp3) is 0.167. The number of carboxylic acids is 1. The zero-order valence-corrected chi connectivity index (χ0v) is 13.7. The minimum atomic E-state index is -1.16. The molecular weight excluding hydrogens is 324 g/mol. The van der Waals surface area contributed by atoms with Gasteiger partial charge in [-0.15, -0.1) is 0 Å². The molecule has 7 heteroatoms. The fourth-order valence-corrected chi connectivity index (χ4v) is 2.71. The minimum Gasteiger partial charge on any atom is -0.475 e. The Morgan fingerprint density at radius 2 is 1.96 bits per heavy atom. The summed E-state index contributed by atoms with van der Waals surface area (Å²) in [5.41, 5.74) is 1.12. The number of carboxylic acid groups (broad SMARTS) is 1. The second-order valence-corrected chi connectivity index (χ2v) is 5.69. The van der Waals surface area contributed by atoms with Gasteiger partial charge in [0.25, 0.3) is 11.5 Å².